The van der Waals surface area contributed by atoms with Gasteiger partial charge in [-0.05, 0) is 25.2 Å². The molecule has 1 aliphatic heterocycles. The quantitative estimate of drug-likeness (QED) is 0.808. The van der Waals surface area contributed by atoms with Gasteiger partial charge in [0, 0.05) is 25.2 Å². The molecule has 5 nitrogen and oxygen atoms in total. The Labute approximate surface area is 122 Å². The standard InChI is InChI=1S/C14H27NO4S/c1-10-12(14(2,3)13(10)18-4)15-20(16,17)9-7-11-6-5-8-19-11/h10-13,15H,5-9H2,1-4H3/t10-,11+,12+,13-/m1/s1. The van der Waals surface area contributed by atoms with Gasteiger partial charge < -0.3 is 9.47 Å². The molecule has 6 heteroatoms. The smallest absolute Gasteiger partial charge is 0.211 e. The SMILES string of the molecule is CO[C@@H]1[C@H](C)[C@H](NS(=O)(=O)CC[C@@H]2CCCO2)C1(C)C. The van der Waals surface area contributed by atoms with Crippen molar-refractivity contribution < 1.29 is 17.9 Å². The Hall–Kier alpha value is -0.170. The Kier molecular flexibility index (Phi) is 4.79. The Bertz CT molecular complexity index is 428. The first-order valence-corrected chi connectivity index (χ1v) is 9.07. The van der Waals surface area contributed by atoms with Crippen LogP contribution in [0.3, 0.4) is 0 Å². The number of hydrogen-bond donors (Lipinski definition) is 1. The zero-order valence-electron chi connectivity index (χ0n) is 12.9. The summed E-state index contributed by atoms with van der Waals surface area (Å²) in [7, 11) is -1.56. The molecule has 1 heterocycles. The lowest BCUT2D eigenvalue weighted by Gasteiger charge is -2.56. The van der Waals surface area contributed by atoms with Gasteiger partial charge in [0.1, 0.15) is 0 Å². The molecule has 0 amide bonds. The van der Waals surface area contributed by atoms with Crippen LogP contribution in [0.15, 0.2) is 0 Å². The van der Waals surface area contributed by atoms with Gasteiger partial charge in [0.25, 0.3) is 0 Å². The van der Waals surface area contributed by atoms with E-state index in [1.165, 1.54) is 0 Å². The van der Waals surface area contributed by atoms with Crippen molar-refractivity contribution >= 4 is 10.0 Å². The normalized spacial score (nSPS) is 36.8. The largest absolute Gasteiger partial charge is 0.380 e. The number of sulfonamides is 1. The van der Waals surface area contributed by atoms with Gasteiger partial charge in [0.05, 0.1) is 18.0 Å². The molecule has 4 atom stereocenters. The molecule has 0 aromatic heterocycles. The van der Waals surface area contributed by atoms with Crippen molar-refractivity contribution in [2.75, 3.05) is 19.5 Å². The molecular weight excluding hydrogens is 278 g/mol. The van der Waals surface area contributed by atoms with Crippen molar-refractivity contribution in [3.8, 4) is 0 Å². The highest BCUT2D eigenvalue weighted by atomic mass is 32.2. The maximum atomic E-state index is 12.2. The van der Waals surface area contributed by atoms with Gasteiger partial charge in [-0.15, -0.1) is 0 Å². The molecule has 0 unspecified atom stereocenters. The van der Waals surface area contributed by atoms with E-state index < -0.39 is 10.0 Å². The number of methoxy groups -OCH3 is 1. The predicted octanol–water partition coefficient (Wildman–Crippen LogP) is 1.53. The first-order valence-electron chi connectivity index (χ1n) is 7.42. The van der Waals surface area contributed by atoms with Gasteiger partial charge >= 0.3 is 0 Å². The molecule has 0 spiro atoms. The second kappa shape index (κ2) is 5.91. The summed E-state index contributed by atoms with van der Waals surface area (Å²) in [5, 5.41) is 0. The third kappa shape index (κ3) is 3.18. The topological polar surface area (TPSA) is 64.6 Å². The van der Waals surface area contributed by atoms with E-state index in [2.05, 4.69) is 18.6 Å². The second-order valence-electron chi connectivity index (χ2n) is 6.67. The lowest BCUT2D eigenvalue weighted by molar-refractivity contribution is -0.138. The van der Waals surface area contributed by atoms with E-state index in [-0.39, 0.29) is 35.3 Å². The molecular formula is C14H27NO4S. The number of nitrogens with one attached hydrogen (secondary N) is 1. The first-order chi connectivity index (χ1) is 9.28. The fourth-order valence-corrected chi connectivity index (χ4v) is 5.37. The molecule has 1 N–H and O–H groups in total. The van der Waals surface area contributed by atoms with Gasteiger partial charge in [-0.1, -0.05) is 20.8 Å². The molecule has 2 fully saturated rings. The summed E-state index contributed by atoms with van der Waals surface area (Å²) in [6.07, 6.45) is 2.83. The second-order valence-corrected chi connectivity index (χ2v) is 8.55. The van der Waals surface area contributed by atoms with Gasteiger partial charge in [-0.25, -0.2) is 13.1 Å². The average molecular weight is 305 g/mol. The third-order valence-corrected chi connectivity index (χ3v) is 6.22. The van der Waals surface area contributed by atoms with Crippen LogP contribution in [-0.2, 0) is 19.5 Å². The summed E-state index contributed by atoms with van der Waals surface area (Å²) < 4.78 is 38.2. The van der Waals surface area contributed by atoms with Crippen molar-refractivity contribution in [1.82, 2.24) is 4.72 Å². The van der Waals surface area contributed by atoms with Crippen LogP contribution < -0.4 is 4.72 Å². The molecule has 0 bridgehead atoms. The highest BCUT2D eigenvalue weighted by molar-refractivity contribution is 7.89. The minimum atomic E-state index is -3.25. The molecule has 118 valence electrons. The fraction of sp³-hybridized carbons (Fsp3) is 1.00. The van der Waals surface area contributed by atoms with Crippen LogP contribution in [-0.4, -0.2) is 46.1 Å². The van der Waals surface area contributed by atoms with E-state index >= 15 is 0 Å². The summed E-state index contributed by atoms with van der Waals surface area (Å²) in [5.74, 6) is 0.349. The van der Waals surface area contributed by atoms with E-state index in [9.17, 15) is 8.42 Å². The van der Waals surface area contributed by atoms with Crippen LogP contribution >= 0.6 is 0 Å². The molecule has 0 radical (unpaired) electrons. The van der Waals surface area contributed by atoms with Gasteiger partial charge in [-0.3, -0.25) is 0 Å². The molecule has 2 rings (SSSR count). The van der Waals surface area contributed by atoms with E-state index in [4.69, 9.17) is 9.47 Å². The number of hydrogen-bond acceptors (Lipinski definition) is 4. The third-order valence-electron chi connectivity index (χ3n) is 4.83. The van der Waals surface area contributed by atoms with Gasteiger partial charge in [-0.2, -0.15) is 0 Å². The zero-order valence-corrected chi connectivity index (χ0v) is 13.7. The predicted molar refractivity (Wildman–Crippen MR) is 78.0 cm³/mol. The summed E-state index contributed by atoms with van der Waals surface area (Å²) in [6, 6.07) is -0.0538. The summed E-state index contributed by atoms with van der Waals surface area (Å²) in [6.45, 7) is 6.90. The molecule has 1 aliphatic carbocycles. The van der Waals surface area contributed by atoms with Crippen LogP contribution in [0.25, 0.3) is 0 Å². The number of ether oxygens (including phenoxy) is 2. The minimum Gasteiger partial charge on any atom is -0.380 e. The van der Waals surface area contributed by atoms with Crippen molar-refractivity contribution in [3.05, 3.63) is 0 Å². The molecule has 0 aromatic rings. The van der Waals surface area contributed by atoms with Crippen molar-refractivity contribution in [1.29, 1.82) is 0 Å². The van der Waals surface area contributed by atoms with Gasteiger partial charge in [0.15, 0.2) is 0 Å². The summed E-state index contributed by atoms with van der Waals surface area (Å²) >= 11 is 0. The highest BCUT2D eigenvalue weighted by Gasteiger charge is 2.55. The van der Waals surface area contributed by atoms with Gasteiger partial charge in [0.2, 0.25) is 10.0 Å². The zero-order chi connectivity index (χ0) is 15.0. The summed E-state index contributed by atoms with van der Waals surface area (Å²) in [5.41, 5.74) is -0.162. The Balaban J connectivity index is 1.88. The van der Waals surface area contributed by atoms with Crippen molar-refractivity contribution in [2.24, 2.45) is 11.3 Å². The van der Waals surface area contributed by atoms with Crippen LogP contribution in [0.4, 0.5) is 0 Å². The van der Waals surface area contributed by atoms with Crippen LogP contribution in [0.1, 0.15) is 40.0 Å². The van der Waals surface area contributed by atoms with Crippen LogP contribution in [0, 0.1) is 11.3 Å². The maximum absolute atomic E-state index is 12.2. The molecule has 0 aromatic carbocycles. The number of rotatable bonds is 6. The maximum Gasteiger partial charge on any atom is 0.211 e. The molecule has 1 saturated heterocycles. The highest BCUT2D eigenvalue weighted by Crippen LogP contribution is 2.47. The Morgan fingerprint density at radius 3 is 2.60 bits per heavy atom. The van der Waals surface area contributed by atoms with E-state index in [0.29, 0.717) is 6.42 Å². The van der Waals surface area contributed by atoms with E-state index in [1.54, 1.807) is 7.11 Å². The monoisotopic (exact) mass is 305 g/mol. The van der Waals surface area contributed by atoms with E-state index in [0.717, 1.165) is 19.4 Å². The Morgan fingerprint density at radius 2 is 2.10 bits per heavy atom. The van der Waals surface area contributed by atoms with Crippen molar-refractivity contribution in [2.45, 2.75) is 58.3 Å². The average Bonchev–Trinajstić information content (AvgIpc) is 2.87. The molecule has 2 aliphatic rings. The van der Waals surface area contributed by atoms with Crippen molar-refractivity contribution in [3.63, 3.8) is 0 Å². The lowest BCUT2D eigenvalue weighted by Crippen LogP contribution is -2.68. The Morgan fingerprint density at radius 1 is 1.40 bits per heavy atom. The van der Waals surface area contributed by atoms with Crippen LogP contribution in [0.5, 0.6) is 0 Å². The summed E-state index contributed by atoms with van der Waals surface area (Å²) in [4.78, 5) is 0. The van der Waals surface area contributed by atoms with E-state index in [1.807, 2.05) is 6.92 Å². The molecule has 20 heavy (non-hydrogen) atoms. The fourth-order valence-electron chi connectivity index (χ4n) is 3.78. The molecule has 1 saturated carbocycles. The minimum absolute atomic E-state index is 0.0538. The van der Waals surface area contributed by atoms with Crippen LogP contribution in [0.2, 0.25) is 0 Å². The first kappa shape index (κ1) is 16.2. The lowest BCUT2D eigenvalue weighted by atomic mass is 9.58.